The van der Waals surface area contributed by atoms with Gasteiger partial charge < -0.3 is 4.90 Å². The van der Waals surface area contributed by atoms with Crippen molar-refractivity contribution in [2.75, 3.05) is 24.2 Å². The Labute approximate surface area is 161 Å². The molecule has 0 spiro atoms. The summed E-state index contributed by atoms with van der Waals surface area (Å²) in [5.41, 5.74) is 5.35. The molecule has 2 aromatic rings. The second-order valence-corrected chi connectivity index (χ2v) is 9.70. The van der Waals surface area contributed by atoms with E-state index in [0.29, 0.717) is 18.2 Å². The highest BCUT2D eigenvalue weighted by atomic mass is 32.2. The Bertz CT molecular complexity index is 996. The molecule has 0 bridgehead atoms. The first-order valence-electron chi connectivity index (χ1n) is 9.05. The minimum absolute atomic E-state index is 0.105. The van der Waals surface area contributed by atoms with Gasteiger partial charge in [-0.25, -0.2) is 8.42 Å². The smallest absolute Gasteiger partial charge is 0.254 e. The Balaban J connectivity index is 2.00. The number of carbonyl (C=O) groups excluding carboxylic acids is 1. The van der Waals surface area contributed by atoms with Crippen LogP contribution in [-0.2, 0) is 16.6 Å². The van der Waals surface area contributed by atoms with Crippen molar-refractivity contribution in [3.05, 3.63) is 53.1 Å². The van der Waals surface area contributed by atoms with Crippen molar-refractivity contribution in [2.24, 2.45) is 5.92 Å². The van der Waals surface area contributed by atoms with Gasteiger partial charge in [-0.3, -0.25) is 9.10 Å². The van der Waals surface area contributed by atoms with E-state index in [4.69, 9.17) is 0 Å². The number of sulfonamides is 1. The third-order valence-electron chi connectivity index (χ3n) is 4.91. The first kappa shape index (κ1) is 19.4. The molecule has 0 saturated heterocycles. The number of amides is 1. The number of rotatable bonds is 5. The first-order chi connectivity index (χ1) is 12.6. The van der Waals surface area contributed by atoms with Gasteiger partial charge in [-0.1, -0.05) is 32.0 Å². The number of anilines is 1. The Kier molecular flexibility index (Phi) is 5.04. The van der Waals surface area contributed by atoms with Crippen LogP contribution in [0.5, 0.6) is 0 Å². The van der Waals surface area contributed by atoms with Gasteiger partial charge in [-0.15, -0.1) is 0 Å². The summed E-state index contributed by atoms with van der Waals surface area (Å²) in [4.78, 5) is 14.6. The molecule has 27 heavy (non-hydrogen) atoms. The molecule has 2 aromatic carbocycles. The maximum absolute atomic E-state index is 12.7. The average Bonchev–Trinajstić information content (AvgIpc) is 2.89. The molecule has 0 saturated carbocycles. The Morgan fingerprint density at radius 1 is 1.15 bits per heavy atom. The standard InChI is InChI=1S/C21H26N2O3S/c1-14(2)12-23-13-18-10-17(9-15(3)20(18)21(23)24)16-7-6-8-19(11-16)22(4)27(5,25)26/h6-11,14H,12-13H2,1-5H3. The lowest BCUT2D eigenvalue weighted by Gasteiger charge is -2.17. The van der Waals surface area contributed by atoms with Gasteiger partial charge in [0.1, 0.15) is 0 Å². The molecule has 0 unspecified atom stereocenters. The van der Waals surface area contributed by atoms with E-state index in [9.17, 15) is 13.2 Å². The summed E-state index contributed by atoms with van der Waals surface area (Å²) in [6.45, 7) is 7.56. The normalized spacial score (nSPS) is 14.0. The summed E-state index contributed by atoms with van der Waals surface area (Å²) in [7, 11) is -1.77. The predicted molar refractivity (Wildman–Crippen MR) is 109 cm³/mol. The number of fused-ring (bicyclic) bond motifs is 1. The van der Waals surface area contributed by atoms with Crippen LogP contribution in [0.15, 0.2) is 36.4 Å². The van der Waals surface area contributed by atoms with Crippen LogP contribution in [0.3, 0.4) is 0 Å². The van der Waals surface area contributed by atoms with Gasteiger partial charge in [-0.05, 0) is 53.3 Å². The molecule has 0 atom stereocenters. The van der Waals surface area contributed by atoms with Gasteiger partial charge in [-0.2, -0.15) is 0 Å². The van der Waals surface area contributed by atoms with Crippen LogP contribution in [0, 0.1) is 12.8 Å². The van der Waals surface area contributed by atoms with Crippen LogP contribution in [-0.4, -0.2) is 39.1 Å². The van der Waals surface area contributed by atoms with E-state index in [0.717, 1.165) is 34.4 Å². The molecule has 6 heteroatoms. The SMILES string of the molecule is Cc1cc(-c2cccc(N(C)S(C)(=O)=O)c2)cc2c1C(=O)N(CC(C)C)C2. The highest BCUT2D eigenvalue weighted by molar-refractivity contribution is 7.92. The van der Waals surface area contributed by atoms with E-state index in [-0.39, 0.29) is 5.91 Å². The maximum Gasteiger partial charge on any atom is 0.254 e. The summed E-state index contributed by atoms with van der Waals surface area (Å²) < 4.78 is 24.9. The second-order valence-electron chi connectivity index (χ2n) is 7.69. The minimum Gasteiger partial charge on any atom is -0.334 e. The molecule has 0 fully saturated rings. The van der Waals surface area contributed by atoms with Crippen LogP contribution in [0.25, 0.3) is 11.1 Å². The van der Waals surface area contributed by atoms with Gasteiger partial charge >= 0.3 is 0 Å². The van der Waals surface area contributed by atoms with Crippen molar-refractivity contribution in [1.29, 1.82) is 0 Å². The Hall–Kier alpha value is -2.34. The molecule has 1 aliphatic heterocycles. The minimum atomic E-state index is -3.32. The van der Waals surface area contributed by atoms with E-state index >= 15 is 0 Å². The zero-order chi connectivity index (χ0) is 19.9. The van der Waals surface area contributed by atoms with Crippen LogP contribution in [0.4, 0.5) is 5.69 Å². The third-order valence-corrected chi connectivity index (χ3v) is 6.11. The molecular formula is C21H26N2O3S. The summed E-state index contributed by atoms with van der Waals surface area (Å²) >= 11 is 0. The fraction of sp³-hybridized carbons (Fsp3) is 0.381. The lowest BCUT2D eigenvalue weighted by molar-refractivity contribution is 0.0759. The predicted octanol–water partition coefficient (Wildman–Crippen LogP) is 3.67. The highest BCUT2D eigenvalue weighted by Crippen LogP contribution is 2.33. The van der Waals surface area contributed by atoms with Gasteiger partial charge in [0.25, 0.3) is 5.91 Å². The van der Waals surface area contributed by atoms with E-state index in [1.54, 1.807) is 13.1 Å². The number of nitrogens with zero attached hydrogens (tertiary/aromatic N) is 2. The third kappa shape index (κ3) is 3.86. The molecular weight excluding hydrogens is 360 g/mol. The highest BCUT2D eigenvalue weighted by Gasteiger charge is 2.29. The first-order valence-corrected chi connectivity index (χ1v) is 10.9. The molecule has 1 heterocycles. The maximum atomic E-state index is 12.7. The number of carbonyl (C=O) groups is 1. The van der Waals surface area contributed by atoms with Crippen molar-refractivity contribution >= 4 is 21.6 Å². The van der Waals surface area contributed by atoms with E-state index in [1.807, 2.05) is 36.1 Å². The molecule has 3 rings (SSSR count). The molecule has 5 nitrogen and oxygen atoms in total. The van der Waals surface area contributed by atoms with Gasteiger partial charge in [0.05, 0.1) is 11.9 Å². The number of benzene rings is 2. The number of hydrogen-bond donors (Lipinski definition) is 0. The number of aryl methyl sites for hydroxylation is 1. The summed E-state index contributed by atoms with van der Waals surface area (Å²) in [5.74, 6) is 0.527. The van der Waals surface area contributed by atoms with Crippen molar-refractivity contribution in [1.82, 2.24) is 4.90 Å². The van der Waals surface area contributed by atoms with Crippen LogP contribution < -0.4 is 4.31 Å². The van der Waals surface area contributed by atoms with Crippen LogP contribution in [0.1, 0.15) is 35.3 Å². The van der Waals surface area contributed by atoms with E-state index in [2.05, 4.69) is 19.9 Å². The average molecular weight is 387 g/mol. The van der Waals surface area contributed by atoms with E-state index < -0.39 is 10.0 Å². The lowest BCUT2D eigenvalue weighted by atomic mass is 9.96. The zero-order valence-electron chi connectivity index (χ0n) is 16.5. The fourth-order valence-corrected chi connectivity index (χ4v) is 4.05. The van der Waals surface area contributed by atoms with Gasteiger partial charge in [0.2, 0.25) is 10.0 Å². The fourth-order valence-electron chi connectivity index (χ4n) is 3.55. The van der Waals surface area contributed by atoms with Crippen molar-refractivity contribution < 1.29 is 13.2 Å². The molecule has 0 aromatic heterocycles. The second kappa shape index (κ2) is 7.00. The summed E-state index contributed by atoms with van der Waals surface area (Å²) in [6, 6.07) is 11.5. The van der Waals surface area contributed by atoms with Crippen LogP contribution in [0.2, 0.25) is 0 Å². The summed E-state index contributed by atoms with van der Waals surface area (Å²) in [6.07, 6.45) is 1.19. The molecule has 0 radical (unpaired) electrons. The quantitative estimate of drug-likeness (QED) is 0.788. The molecule has 0 N–H and O–H groups in total. The monoisotopic (exact) mass is 386 g/mol. The molecule has 144 valence electrons. The Morgan fingerprint density at radius 3 is 2.48 bits per heavy atom. The molecule has 0 aliphatic carbocycles. The summed E-state index contributed by atoms with van der Waals surface area (Å²) in [5, 5.41) is 0. The molecule has 1 aliphatic rings. The lowest BCUT2D eigenvalue weighted by Crippen LogP contribution is -2.28. The van der Waals surface area contributed by atoms with Crippen molar-refractivity contribution in [3.8, 4) is 11.1 Å². The van der Waals surface area contributed by atoms with Crippen molar-refractivity contribution in [2.45, 2.75) is 27.3 Å². The van der Waals surface area contributed by atoms with Crippen LogP contribution >= 0.6 is 0 Å². The molecule has 1 amide bonds. The number of hydrogen-bond acceptors (Lipinski definition) is 3. The largest absolute Gasteiger partial charge is 0.334 e. The van der Waals surface area contributed by atoms with E-state index in [1.165, 1.54) is 10.6 Å². The Morgan fingerprint density at radius 2 is 1.85 bits per heavy atom. The van der Waals surface area contributed by atoms with Crippen molar-refractivity contribution in [3.63, 3.8) is 0 Å². The topological polar surface area (TPSA) is 57.7 Å². The zero-order valence-corrected chi connectivity index (χ0v) is 17.3. The van der Waals surface area contributed by atoms with Gasteiger partial charge in [0, 0.05) is 25.7 Å². The van der Waals surface area contributed by atoms with Gasteiger partial charge in [0.15, 0.2) is 0 Å².